The minimum absolute atomic E-state index is 0.0627. The molecule has 0 atom stereocenters. The molecule has 3 nitrogen and oxygen atoms in total. The number of phenols is 1. The first-order valence-electron chi connectivity index (χ1n) is 4.73. The van der Waals surface area contributed by atoms with E-state index >= 15 is 0 Å². The molecule has 0 aliphatic heterocycles. The van der Waals surface area contributed by atoms with Gasteiger partial charge in [0.1, 0.15) is 5.75 Å². The monoisotopic (exact) mass is 270 g/mol. The van der Waals surface area contributed by atoms with Crippen molar-refractivity contribution in [3.05, 3.63) is 39.9 Å². The maximum Gasteiger partial charge on any atom is 0.338 e. The van der Waals surface area contributed by atoms with E-state index in [0.29, 0.717) is 20.8 Å². The third kappa shape index (κ3) is 2.16. The number of hydrogen-bond donors (Lipinski definition) is 1. The van der Waals surface area contributed by atoms with Gasteiger partial charge >= 0.3 is 5.97 Å². The zero-order chi connectivity index (χ0) is 12.6. The number of esters is 1. The number of carbonyl (C=O) groups excluding carboxylic acids is 1. The number of methoxy groups -OCH3 is 1. The molecule has 2 aromatic rings. The smallest absolute Gasteiger partial charge is 0.338 e. The summed E-state index contributed by atoms with van der Waals surface area (Å²) in [6, 6.07) is 6.01. The van der Waals surface area contributed by atoms with Crippen LogP contribution in [0.1, 0.15) is 10.4 Å². The molecule has 0 spiro atoms. The Morgan fingerprint density at radius 1 is 1.18 bits per heavy atom. The second-order valence-corrected chi connectivity index (χ2v) is 4.31. The molecule has 0 bridgehead atoms. The number of rotatable bonds is 1. The summed E-state index contributed by atoms with van der Waals surface area (Å²) in [4.78, 5) is 11.4. The molecule has 0 saturated carbocycles. The maximum absolute atomic E-state index is 11.4. The molecule has 2 rings (SSSR count). The van der Waals surface area contributed by atoms with Gasteiger partial charge in [-0.15, -0.1) is 0 Å². The van der Waals surface area contributed by atoms with Crippen molar-refractivity contribution in [2.45, 2.75) is 0 Å². The van der Waals surface area contributed by atoms with Gasteiger partial charge in [-0.3, -0.25) is 0 Å². The van der Waals surface area contributed by atoms with E-state index in [-0.39, 0.29) is 11.3 Å². The van der Waals surface area contributed by atoms with E-state index < -0.39 is 5.97 Å². The van der Waals surface area contributed by atoms with Gasteiger partial charge in [0.15, 0.2) is 0 Å². The van der Waals surface area contributed by atoms with Gasteiger partial charge in [0, 0.05) is 15.8 Å². The maximum atomic E-state index is 11.4. The predicted molar refractivity (Wildman–Crippen MR) is 67.0 cm³/mol. The van der Waals surface area contributed by atoms with Crippen LogP contribution in [0.3, 0.4) is 0 Å². The summed E-state index contributed by atoms with van der Waals surface area (Å²) in [6.07, 6.45) is 0. The second-order valence-electron chi connectivity index (χ2n) is 3.47. The molecule has 0 heterocycles. The third-order valence-electron chi connectivity index (χ3n) is 2.38. The molecule has 0 radical (unpaired) electrons. The van der Waals surface area contributed by atoms with Crippen LogP contribution in [-0.4, -0.2) is 18.2 Å². The van der Waals surface area contributed by atoms with E-state index in [4.69, 9.17) is 23.2 Å². The van der Waals surface area contributed by atoms with Crippen LogP contribution in [0.5, 0.6) is 5.75 Å². The van der Waals surface area contributed by atoms with E-state index in [2.05, 4.69) is 4.74 Å². The van der Waals surface area contributed by atoms with Crippen LogP contribution in [0.4, 0.5) is 0 Å². The fourth-order valence-electron chi connectivity index (χ4n) is 1.60. The zero-order valence-corrected chi connectivity index (χ0v) is 10.3. The van der Waals surface area contributed by atoms with Crippen LogP contribution in [0.2, 0.25) is 10.0 Å². The van der Waals surface area contributed by atoms with Crippen molar-refractivity contribution in [3.63, 3.8) is 0 Å². The van der Waals surface area contributed by atoms with E-state index in [0.717, 1.165) is 0 Å². The molecule has 0 saturated heterocycles. The van der Waals surface area contributed by atoms with Gasteiger partial charge in [-0.2, -0.15) is 0 Å². The summed E-state index contributed by atoms with van der Waals surface area (Å²) in [6.45, 7) is 0. The Kier molecular flexibility index (Phi) is 3.13. The summed E-state index contributed by atoms with van der Waals surface area (Å²) in [7, 11) is 1.27. The highest BCUT2D eigenvalue weighted by Gasteiger charge is 2.12. The van der Waals surface area contributed by atoms with Crippen LogP contribution in [0.25, 0.3) is 10.8 Å². The van der Waals surface area contributed by atoms with Crippen molar-refractivity contribution in [3.8, 4) is 5.75 Å². The Hall–Kier alpha value is -1.45. The van der Waals surface area contributed by atoms with Gasteiger partial charge in [-0.25, -0.2) is 4.79 Å². The number of carbonyl (C=O) groups is 1. The van der Waals surface area contributed by atoms with Gasteiger partial charge in [0.2, 0.25) is 0 Å². The second kappa shape index (κ2) is 4.43. The van der Waals surface area contributed by atoms with Crippen LogP contribution >= 0.6 is 23.2 Å². The summed E-state index contributed by atoms with van der Waals surface area (Å²) in [5, 5.41) is 11.7. The Morgan fingerprint density at radius 2 is 1.88 bits per heavy atom. The first kappa shape index (κ1) is 12.0. The molecule has 17 heavy (non-hydrogen) atoms. The molecule has 0 fully saturated rings. The molecule has 1 N–H and O–H groups in total. The Morgan fingerprint density at radius 3 is 2.53 bits per heavy atom. The largest absolute Gasteiger partial charge is 0.507 e. The Balaban J connectivity index is 2.77. The van der Waals surface area contributed by atoms with Crippen molar-refractivity contribution < 1.29 is 14.6 Å². The van der Waals surface area contributed by atoms with E-state index in [1.54, 1.807) is 18.2 Å². The van der Waals surface area contributed by atoms with Crippen molar-refractivity contribution in [1.82, 2.24) is 0 Å². The number of halogens is 2. The van der Waals surface area contributed by atoms with Crippen molar-refractivity contribution in [2.75, 3.05) is 7.11 Å². The van der Waals surface area contributed by atoms with E-state index in [1.807, 2.05) is 0 Å². The quantitative estimate of drug-likeness (QED) is 0.805. The summed E-state index contributed by atoms with van der Waals surface area (Å²) in [5.41, 5.74) is 0.238. The normalized spacial score (nSPS) is 10.5. The lowest BCUT2D eigenvalue weighted by atomic mass is 10.1. The molecule has 0 aliphatic rings. The summed E-state index contributed by atoms with van der Waals surface area (Å²) in [5.74, 6) is -0.597. The van der Waals surface area contributed by atoms with Crippen molar-refractivity contribution in [1.29, 1.82) is 0 Å². The first-order valence-corrected chi connectivity index (χ1v) is 5.48. The first-order chi connectivity index (χ1) is 8.02. The van der Waals surface area contributed by atoms with Gasteiger partial charge in [-0.1, -0.05) is 23.2 Å². The molecule has 0 unspecified atom stereocenters. The highest BCUT2D eigenvalue weighted by molar-refractivity contribution is 6.39. The number of hydrogen-bond acceptors (Lipinski definition) is 3. The average Bonchev–Trinajstić information content (AvgIpc) is 2.29. The molecule has 88 valence electrons. The minimum Gasteiger partial charge on any atom is -0.507 e. The number of ether oxygens (including phenoxy) is 1. The van der Waals surface area contributed by atoms with Crippen molar-refractivity contribution in [2.24, 2.45) is 0 Å². The lowest BCUT2D eigenvalue weighted by Crippen LogP contribution is -2.00. The van der Waals surface area contributed by atoms with Gasteiger partial charge < -0.3 is 9.84 Å². The Bertz CT molecular complexity index is 608. The van der Waals surface area contributed by atoms with Crippen LogP contribution in [0.15, 0.2) is 24.3 Å². The summed E-state index contributed by atoms with van der Waals surface area (Å²) >= 11 is 11.8. The zero-order valence-electron chi connectivity index (χ0n) is 8.83. The minimum atomic E-state index is -0.534. The predicted octanol–water partition coefficient (Wildman–Crippen LogP) is 3.64. The highest BCUT2D eigenvalue weighted by atomic mass is 35.5. The Labute approximate surface area is 108 Å². The van der Waals surface area contributed by atoms with Gasteiger partial charge in [-0.05, 0) is 24.3 Å². The highest BCUT2D eigenvalue weighted by Crippen LogP contribution is 2.34. The van der Waals surface area contributed by atoms with E-state index in [9.17, 15) is 9.90 Å². The van der Waals surface area contributed by atoms with Crippen LogP contribution in [0, 0.1) is 0 Å². The summed E-state index contributed by atoms with van der Waals surface area (Å²) < 4.78 is 4.58. The molecule has 0 aliphatic carbocycles. The lowest BCUT2D eigenvalue weighted by Gasteiger charge is -2.07. The van der Waals surface area contributed by atoms with Crippen molar-refractivity contribution >= 4 is 39.9 Å². The van der Waals surface area contributed by atoms with Crippen LogP contribution in [-0.2, 0) is 4.74 Å². The van der Waals surface area contributed by atoms with Gasteiger partial charge in [0.05, 0.1) is 17.7 Å². The molecular formula is C12H8Cl2O3. The molecular weight excluding hydrogens is 263 g/mol. The molecule has 5 heteroatoms. The lowest BCUT2D eigenvalue weighted by molar-refractivity contribution is 0.0600. The fourth-order valence-corrected chi connectivity index (χ4v) is 2.15. The third-order valence-corrected chi connectivity index (χ3v) is 2.91. The number of phenolic OH excluding ortho intramolecular Hbond substituents is 1. The molecule has 2 aromatic carbocycles. The van der Waals surface area contributed by atoms with Gasteiger partial charge in [0.25, 0.3) is 0 Å². The fraction of sp³-hybridized carbons (Fsp3) is 0.0833. The standard InChI is InChI=1S/C12H8Cl2O3/c1-17-12(16)6-2-8-9(11(15)3-6)4-7(13)5-10(8)14/h2-5,15H,1H3. The number of aromatic hydroxyl groups is 1. The molecule has 0 aromatic heterocycles. The number of fused-ring (bicyclic) bond motifs is 1. The molecule has 0 amide bonds. The SMILES string of the molecule is COC(=O)c1cc(O)c2cc(Cl)cc(Cl)c2c1. The topological polar surface area (TPSA) is 46.5 Å². The van der Waals surface area contributed by atoms with Crippen LogP contribution < -0.4 is 0 Å². The number of benzene rings is 2. The van der Waals surface area contributed by atoms with E-state index in [1.165, 1.54) is 13.2 Å². The average molecular weight is 271 g/mol.